The number of hydrogen-bond donors (Lipinski definition) is 1. The molecule has 0 aromatic carbocycles. The molecule has 4 heteroatoms. The minimum absolute atomic E-state index is 0.0706. The Morgan fingerprint density at radius 3 is 2.25 bits per heavy atom. The van der Waals surface area contributed by atoms with Crippen LogP contribution in [0.2, 0.25) is 0 Å². The first-order valence-corrected chi connectivity index (χ1v) is 7.42. The molecule has 0 saturated carbocycles. The van der Waals surface area contributed by atoms with Gasteiger partial charge in [0.15, 0.2) is 0 Å². The highest BCUT2D eigenvalue weighted by Gasteiger charge is 2.39. The third-order valence-electron chi connectivity index (χ3n) is 4.06. The Kier molecular flexibility index (Phi) is 4.23. The summed E-state index contributed by atoms with van der Waals surface area (Å²) in [6.07, 6.45) is 7.10. The van der Waals surface area contributed by atoms with Crippen LogP contribution >= 0.6 is 0 Å². The van der Waals surface area contributed by atoms with E-state index in [-0.39, 0.29) is 11.1 Å². The van der Waals surface area contributed by atoms with Crippen molar-refractivity contribution in [1.82, 2.24) is 14.8 Å². The summed E-state index contributed by atoms with van der Waals surface area (Å²) >= 11 is 0. The lowest BCUT2D eigenvalue weighted by molar-refractivity contribution is -0.122. The number of nitrogens with zero attached hydrogens (tertiary/aromatic N) is 2. The van der Waals surface area contributed by atoms with Crippen molar-refractivity contribution in [3.05, 3.63) is 24.5 Å². The minimum Gasteiger partial charge on any atom is -0.352 e. The van der Waals surface area contributed by atoms with Gasteiger partial charge in [-0.2, -0.15) is 0 Å². The number of hydrogen-bond acceptors (Lipinski definition) is 2. The van der Waals surface area contributed by atoms with Gasteiger partial charge in [0.05, 0.1) is 0 Å². The third kappa shape index (κ3) is 3.85. The van der Waals surface area contributed by atoms with Crippen LogP contribution in [-0.4, -0.2) is 39.5 Å². The zero-order valence-electron chi connectivity index (χ0n) is 13.1. The van der Waals surface area contributed by atoms with Gasteiger partial charge in [-0.15, -0.1) is 0 Å². The van der Waals surface area contributed by atoms with Crippen LogP contribution in [-0.2, 0) is 11.3 Å². The van der Waals surface area contributed by atoms with E-state index in [9.17, 15) is 4.79 Å². The molecule has 0 atom stereocenters. The SMILES string of the molecule is CC1(C)CC(N(C=O)CCn2cccc2)CC(C)(C)N1. The third-order valence-corrected chi connectivity index (χ3v) is 4.06. The molecule has 1 aliphatic rings. The Balaban J connectivity index is 2.01. The molecule has 1 aliphatic heterocycles. The van der Waals surface area contributed by atoms with Crippen LogP contribution in [0.15, 0.2) is 24.5 Å². The second-order valence-electron chi connectivity index (χ2n) is 7.22. The molecule has 112 valence electrons. The Labute approximate surface area is 122 Å². The molecular formula is C16H27N3O. The van der Waals surface area contributed by atoms with Crippen molar-refractivity contribution >= 4 is 6.41 Å². The van der Waals surface area contributed by atoms with Crippen molar-refractivity contribution in [1.29, 1.82) is 0 Å². The zero-order chi connectivity index (χ0) is 14.8. The summed E-state index contributed by atoms with van der Waals surface area (Å²) in [6, 6.07) is 4.35. The fraction of sp³-hybridized carbons (Fsp3) is 0.688. The standard InChI is InChI=1S/C16H27N3O/c1-15(2)11-14(12-16(3,4)17-15)19(13-20)10-9-18-7-5-6-8-18/h5-8,13-14,17H,9-12H2,1-4H3. The van der Waals surface area contributed by atoms with Crippen molar-refractivity contribution < 1.29 is 4.79 Å². The summed E-state index contributed by atoms with van der Waals surface area (Å²) in [5.74, 6) is 0. The molecule has 1 saturated heterocycles. The monoisotopic (exact) mass is 277 g/mol. The van der Waals surface area contributed by atoms with Gasteiger partial charge in [0.1, 0.15) is 0 Å². The molecule has 1 N–H and O–H groups in total. The predicted molar refractivity (Wildman–Crippen MR) is 81.5 cm³/mol. The number of piperidine rings is 1. The second kappa shape index (κ2) is 5.60. The van der Waals surface area contributed by atoms with E-state index in [0.717, 1.165) is 32.3 Å². The molecule has 1 amide bonds. The molecule has 2 rings (SSSR count). The molecule has 0 aliphatic carbocycles. The Bertz CT molecular complexity index is 421. The smallest absolute Gasteiger partial charge is 0.210 e. The molecule has 4 nitrogen and oxygen atoms in total. The maximum atomic E-state index is 11.5. The van der Waals surface area contributed by atoms with Crippen LogP contribution in [0.3, 0.4) is 0 Å². The van der Waals surface area contributed by atoms with Gasteiger partial charge in [-0.25, -0.2) is 0 Å². The van der Waals surface area contributed by atoms with E-state index in [1.54, 1.807) is 0 Å². The van der Waals surface area contributed by atoms with Gasteiger partial charge in [0.25, 0.3) is 0 Å². The van der Waals surface area contributed by atoms with Gasteiger partial charge >= 0.3 is 0 Å². The Hall–Kier alpha value is -1.29. The van der Waals surface area contributed by atoms with Gasteiger partial charge in [-0.3, -0.25) is 4.79 Å². The number of carbonyl (C=O) groups is 1. The fourth-order valence-corrected chi connectivity index (χ4v) is 3.57. The van der Waals surface area contributed by atoms with E-state index in [2.05, 4.69) is 37.6 Å². The molecule has 1 fully saturated rings. The summed E-state index contributed by atoms with van der Waals surface area (Å²) in [4.78, 5) is 13.5. The van der Waals surface area contributed by atoms with Crippen molar-refractivity contribution in [3.8, 4) is 0 Å². The van der Waals surface area contributed by atoms with E-state index in [4.69, 9.17) is 0 Å². The highest BCUT2D eigenvalue weighted by atomic mass is 16.1. The average molecular weight is 277 g/mol. The van der Waals surface area contributed by atoms with Crippen molar-refractivity contribution in [3.63, 3.8) is 0 Å². The molecule has 0 unspecified atom stereocenters. The largest absolute Gasteiger partial charge is 0.352 e. The van der Waals surface area contributed by atoms with E-state index in [1.165, 1.54) is 0 Å². The van der Waals surface area contributed by atoms with Crippen molar-refractivity contribution in [2.75, 3.05) is 6.54 Å². The highest BCUT2D eigenvalue weighted by Crippen LogP contribution is 2.31. The summed E-state index contributed by atoms with van der Waals surface area (Å²) in [7, 11) is 0. The zero-order valence-corrected chi connectivity index (χ0v) is 13.1. The average Bonchev–Trinajstić information content (AvgIpc) is 2.78. The topological polar surface area (TPSA) is 37.3 Å². The maximum absolute atomic E-state index is 11.5. The number of carbonyl (C=O) groups excluding carboxylic acids is 1. The van der Waals surface area contributed by atoms with Crippen LogP contribution < -0.4 is 5.32 Å². The first kappa shape index (κ1) is 15.1. The van der Waals surface area contributed by atoms with E-state index < -0.39 is 0 Å². The normalized spacial score (nSPS) is 21.6. The summed E-state index contributed by atoms with van der Waals surface area (Å²) in [6.45, 7) is 10.5. The molecule has 1 aromatic rings. The van der Waals surface area contributed by atoms with Gasteiger partial charge in [0, 0.05) is 42.6 Å². The van der Waals surface area contributed by atoms with Crippen LogP contribution in [0, 0.1) is 0 Å². The van der Waals surface area contributed by atoms with Gasteiger partial charge in [-0.05, 0) is 52.7 Å². The molecule has 0 radical (unpaired) electrons. The van der Waals surface area contributed by atoms with Crippen molar-refractivity contribution in [2.45, 2.75) is 64.2 Å². The number of rotatable bonds is 5. The Morgan fingerprint density at radius 2 is 1.75 bits per heavy atom. The summed E-state index contributed by atoms with van der Waals surface area (Å²) in [5.41, 5.74) is 0.141. The molecular weight excluding hydrogens is 250 g/mol. The number of nitrogens with one attached hydrogen (secondary N) is 1. The Morgan fingerprint density at radius 1 is 1.20 bits per heavy atom. The fourth-order valence-electron chi connectivity index (χ4n) is 3.57. The number of amides is 1. The van der Waals surface area contributed by atoms with Crippen LogP contribution in [0.25, 0.3) is 0 Å². The summed E-state index contributed by atoms with van der Waals surface area (Å²) in [5, 5.41) is 3.66. The lowest BCUT2D eigenvalue weighted by atomic mass is 9.79. The molecule has 1 aromatic heterocycles. The van der Waals surface area contributed by atoms with E-state index >= 15 is 0 Å². The van der Waals surface area contributed by atoms with E-state index in [0.29, 0.717) is 6.04 Å². The van der Waals surface area contributed by atoms with Gasteiger partial charge in [-0.1, -0.05) is 0 Å². The van der Waals surface area contributed by atoms with Crippen LogP contribution in [0.1, 0.15) is 40.5 Å². The molecule has 20 heavy (non-hydrogen) atoms. The molecule has 0 spiro atoms. The summed E-state index contributed by atoms with van der Waals surface area (Å²) < 4.78 is 2.12. The first-order chi connectivity index (χ1) is 9.31. The number of aromatic nitrogens is 1. The molecule has 0 bridgehead atoms. The van der Waals surface area contributed by atoms with Crippen LogP contribution in [0.5, 0.6) is 0 Å². The molecule has 2 heterocycles. The van der Waals surface area contributed by atoms with Crippen molar-refractivity contribution in [2.24, 2.45) is 0 Å². The predicted octanol–water partition coefficient (Wildman–Crippen LogP) is 2.26. The van der Waals surface area contributed by atoms with Gasteiger partial charge in [0.2, 0.25) is 6.41 Å². The highest BCUT2D eigenvalue weighted by molar-refractivity contribution is 5.48. The lowest BCUT2D eigenvalue weighted by Gasteiger charge is -2.49. The first-order valence-electron chi connectivity index (χ1n) is 7.42. The quantitative estimate of drug-likeness (QED) is 0.838. The van der Waals surface area contributed by atoms with E-state index in [1.807, 2.05) is 29.4 Å². The van der Waals surface area contributed by atoms with Crippen LogP contribution in [0.4, 0.5) is 0 Å². The lowest BCUT2D eigenvalue weighted by Crippen LogP contribution is -2.62. The maximum Gasteiger partial charge on any atom is 0.210 e. The second-order valence-corrected chi connectivity index (χ2v) is 7.22. The van der Waals surface area contributed by atoms with Gasteiger partial charge < -0.3 is 14.8 Å². The minimum atomic E-state index is 0.0706.